The standard InChI is InChI=1S/C14H14BFO2/c1-17-11-7-4-8-12(18-2)13(11)9-5-3-6-10(15)14(9)16/h3-8H,15H2,1-2H3. The summed E-state index contributed by atoms with van der Waals surface area (Å²) in [6.07, 6.45) is 0. The molecule has 4 heteroatoms. The Morgan fingerprint density at radius 1 is 0.944 bits per heavy atom. The predicted molar refractivity (Wildman–Crippen MR) is 73.1 cm³/mol. The maximum atomic E-state index is 14.2. The van der Waals surface area contributed by atoms with Gasteiger partial charge in [0, 0.05) is 5.56 Å². The summed E-state index contributed by atoms with van der Waals surface area (Å²) in [5.41, 5.74) is 1.73. The molecular weight excluding hydrogens is 230 g/mol. The third-order valence-corrected chi connectivity index (χ3v) is 2.89. The number of halogens is 1. The summed E-state index contributed by atoms with van der Waals surface area (Å²) < 4.78 is 24.8. The van der Waals surface area contributed by atoms with Crippen molar-refractivity contribution < 1.29 is 13.9 Å². The van der Waals surface area contributed by atoms with E-state index in [-0.39, 0.29) is 5.82 Å². The molecular formula is C14H14BFO2. The van der Waals surface area contributed by atoms with Gasteiger partial charge in [0.25, 0.3) is 0 Å². The van der Waals surface area contributed by atoms with Gasteiger partial charge in [-0.15, -0.1) is 0 Å². The Labute approximate surface area is 107 Å². The summed E-state index contributed by atoms with van der Waals surface area (Å²) >= 11 is 0. The fourth-order valence-electron chi connectivity index (χ4n) is 1.96. The van der Waals surface area contributed by atoms with E-state index in [1.807, 2.05) is 12.1 Å². The fraction of sp³-hybridized carbons (Fsp3) is 0.143. The van der Waals surface area contributed by atoms with E-state index in [0.717, 1.165) is 0 Å². The van der Waals surface area contributed by atoms with E-state index in [1.165, 1.54) is 0 Å². The van der Waals surface area contributed by atoms with E-state index in [1.54, 1.807) is 46.3 Å². The Bertz CT molecular complexity index is 547. The molecule has 0 aromatic heterocycles. The van der Waals surface area contributed by atoms with Crippen molar-refractivity contribution in [2.75, 3.05) is 14.2 Å². The molecule has 0 N–H and O–H groups in total. The fourth-order valence-corrected chi connectivity index (χ4v) is 1.96. The number of benzene rings is 2. The van der Waals surface area contributed by atoms with Crippen LogP contribution in [-0.2, 0) is 0 Å². The number of ether oxygens (including phenoxy) is 2. The highest BCUT2D eigenvalue weighted by Gasteiger charge is 2.16. The van der Waals surface area contributed by atoms with E-state index in [9.17, 15) is 4.39 Å². The minimum atomic E-state index is -0.250. The predicted octanol–water partition coefficient (Wildman–Crippen LogP) is 1.77. The molecule has 0 radical (unpaired) electrons. The van der Waals surface area contributed by atoms with Gasteiger partial charge >= 0.3 is 0 Å². The Morgan fingerprint density at radius 3 is 2.06 bits per heavy atom. The summed E-state index contributed by atoms with van der Waals surface area (Å²) in [5.74, 6) is 0.943. The number of methoxy groups -OCH3 is 2. The average molecular weight is 244 g/mol. The lowest BCUT2D eigenvalue weighted by molar-refractivity contribution is 0.397. The van der Waals surface area contributed by atoms with E-state index >= 15 is 0 Å². The molecule has 18 heavy (non-hydrogen) atoms. The molecule has 0 saturated carbocycles. The molecule has 0 unspecified atom stereocenters. The second kappa shape index (κ2) is 5.13. The Kier molecular flexibility index (Phi) is 3.56. The van der Waals surface area contributed by atoms with Gasteiger partial charge in [0.1, 0.15) is 25.2 Å². The first kappa shape index (κ1) is 12.5. The van der Waals surface area contributed by atoms with Crippen LogP contribution in [0, 0.1) is 5.82 Å². The number of hydrogen-bond acceptors (Lipinski definition) is 2. The summed E-state index contributed by atoms with van der Waals surface area (Å²) in [4.78, 5) is 0. The SMILES string of the molecule is Bc1cccc(-c2c(OC)cccc2OC)c1F. The van der Waals surface area contributed by atoms with Crippen molar-refractivity contribution in [3.05, 3.63) is 42.2 Å². The van der Waals surface area contributed by atoms with Crippen molar-refractivity contribution in [1.82, 2.24) is 0 Å². The zero-order chi connectivity index (χ0) is 13.1. The smallest absolute Gasteiger partial charge is 0.143 e. The lowest BCUT2D eigenvalue weighted by atomic mass is 9.90. The Hall–Kier alpha value is -1.97. The van der Waals surface area contributed by atoms with Crippen LogP contribution in [0.1, 0.15) is 0 Å². The van der Waals surface area contributed by atoms with Crippen molar-refractivity contribution in [3.8, 4) is 22.6 Å². The molecule has 2 rings (SSSR count). The maximum Gasteiger partial charge on any atom is 0.143 e. The van der Waals surface area contributed by atoms with Crippen molar-refractivity contribution in [3.63, 3.8) is 0 Å². The second-order valence-corrected chi connectivity index (χ2v) is 3.97. The number of hydrogen-bond donors (Lipinski definition) is 0. The van der Waals surface area contributed by atoms with Crippen LogP contribution in [0.5, 0.6) is 11.5 Å². The molecule has 2 nitrogen and oxygen atoms in total. The van der Waals surface area contributed by atoms with Crippen LogP contribution in [0.25, 0.3) is 11.1 Å². The van der Waals surface area contributed by atoms with E-state index in [2.05, 4.69) is 0 Å². The van der Waals surface area contributed by atoms with Crippen molar-refractivity contribution >= 4 is 13.3 Å². The van der Waals surface area contributed by atoms with Gasteiger partial charge in [0.05, 0.1) is 19.8 Å². The largest absolute Gasteiger partial charge is 0.496 e. The van der Waals surface area contributed by atoms with Crippen LogP contribution in [0.2, 0.25) is 0 Å². The van der Waals surface area contributed by atoms with Gasteiger partial charge in [0.15, 0.2) is 0 Å². The second-order valence-electron chi connectivity index (χ2n) is 3.97. The first-order chi connectivity index (χ1) is 8.69. The minimum absolute atomic E-state index is 0.250. The molecule has 0 aliphatic rings. The molecule has 2 aromatic rings. The van der Waals surface area contributed by atoms with Crippen LogP contribution >= 0.6 is 0 Å². The molecule has 0 fully saturated rings. The molecule has 92 valence electrons. The summed E-state index contributed by atoms with van der Waals surface area (Å²) in [6.45, 7) is 0. The quantitative estimate of drug-likeness (QED) is 0.766. The monoisotopic (exact) mass is 244 g/mol. The third kappa shape index (κ3) is 2.06. The molecule has 0 aliphatic carbocycles. The van der Waals surface area contributed by atoms with E-state index < -0.39 is 0 Å². The molecule has 0 heterocycles. The van der Waals surface area contributed by atoms with Crippen LogP contribution in [-0.4, -0.2) is 22.1 Å². The molecule has 0 amide bonds. The van der Waals surface area contributed by atoms with Crippen LogP contribution in [0.15, 0.2) is 36.4 Å². The number of rotatable bonds is 3. The van der Waals surface area contributed by atoms with Crippen molar-refractivity contribution in [2.24, 2.45) is 0 Å². The maximum absolute atomic E-state index is 14.2. The van der Waals surface area contributed by atoms with Crippen molar-refractivity contribution in [2.45, 2.75) is 0 Å². The highest BCUT2D eigenvalue weighted by Crippen LogP contribution is 2.38. The highest BCUT2D eigenvalue weighted by atomic mass is 19.1. The van der Waals surface area contributed by atoms with Gasteiger partial charge < -0.3 is 9.47 Å². The Balaban J connectivity index is 2.73. The van der Waals surface area contributed by atoms with Gasteiger partial charge in [0.2, 0.25) is 0 Å². The Morgan fingerprint density at radius 2 is 1.50 bits per heavy atom. The third-order valence-electron chi connectivity index (χ3n) is 2.89. The topological polar surface area (TPSA) is 18.5 Å². The van der Waals surface area contributed by atoms with Crippen LogP contribution in [0.4, 0.5) is 4.39 Å². The highest BCUT2D eigenvalue weighted by molar-refractivity contribution is 6.32. The van der Waals surface area contributed by atoms with E-state index in [0.29, 0.717) is 28.1 Å². The molecule has 0 bridgehead atoms. The summed E-state index contributed by atoms with van der Waals surface area (Å²) in [7, 11) is 4.86. The molecule has 0 aliphatic heterocycles. The van der Waals surface area contributed by atoms with Gasteiger partial charge in [-0.2, -0.15) is 0 Å². The normalized spacial score (nSPS) is 10.2. The first-order valence-corrected chi connectivity index (χ1v) is 5.65. The minimum Gasteiger partial charge on any atom is -0.496 e. The molecule has 0 saturated heterocycles. The average Bonchev–Trinajstić information content (AvgIpc) is 2.41. The summed E-state index contributed by atoms with van der Waals surface area (Å²) in [5, 5.41) is 0. The van der Waals surface area contributed by atoms with Gasteiger partial charge in [-0.3, -0.25) is 0 Å². The lowest BCUT2D eigenvalue weighted by Crippen LogP contribution is -2.09. The van der Waals surface area contributed by atoms with Gasteiger partial charge in [-0.25, -0.2) is 4.39 Å². The molecule has 2 aromatic carbocycles. The molecule has 0 spiro atoms. The van der Waals surface area contributed by atoms with Crippen LogP contribution < -0.4 is 14.9 Å². The summed E-state index contributed by atoms with van der Waals surface area (Å²) in [6, 6.07) is 10.7. The first-order valence-electron chi connectivity index (χ1n) is 5.65. The van der Waals surface area contributed by atoms with Crippen molar-refractivity contribution in [1.29, 1.82) is 0 Å². The zero-order valence-corrected chi connectivity index (χ0v) is 10.7. The lowest BCUT2D eigenvalue weighted by Gasteiger charge is -2.14. The van der Waals surface area contributed by atoms with Gasteiger partial charge in [-0.1, -0.05) is 29.7 Å². The molecule has 0 atom stereocenters. The zero-order valence-electron chi connectivity index (χ0n) is 10.7. The van der Waals surface area contributed by atoms with E-state index in [4.69, 9.17) is 9.47 Å². The van der Waals surface area contributed by atoms with Crippen LogP contribution in [0.3, 0.4) is 0 Å². The van der Waals surface area contributed by atoms with Gasteiger partial charge in [-0.05, 0) is 12.1 Å².